The standard InChI is InChI=1S/C12H13N3OS2/c1-17-9-4-5-15(7-9)12(16)8-2-3-10-11(6-8)14-18-13-10/h2-3,6,9H,4-5,7H2,1H3/t9-/m1/s1. The summed E-state index contributed by atoms with van der Waals surface area (Å²) in [5.41, 5.74) is 2.39. The maximum Gasteiger partial charge on any atom is 0.253 e. The lowest BCUT2D eigenvalue weighted by atomic mass is 10.2. The van der Waals surface area contributed by atoms with Crippen molar-refractivity contribution in [1.82, 2.24) is 13.6 Å². The predicted octanol–water partition coefficient (Wildman–Crippen LogP) is 2.27. The number of carbonyl (C=O) groups is 1. The second-order valence-electron chi connectivity index (χ2n) is 4.37. The molecule has 0 saturated carbocycles. The van der Waals surface area contributed by atoms with Crippen molar-refractivity contribution < 1.29 is 4.79 Å². The first-order chi connectivity index (χ1) is 8.78. The van der Waals surface area contributed by atoms with E-state index in [2.05, 4.69) is 15.0 Å². The Morgan fingerprint density at radius 3 is 3.06 bits per heavy atom. The van der Waals surface area contributed by atoms with Crippen LogP contribution in [0.15, 0.2) is 18.2 Å². The number of fused-ring (bicyclic) bond motifs is 1. The van der Waals surface area contributed by atoms with E-state index in [-0.39, 0.29) is 5.91 Å². The van der Waals surface area contributed by atoms with Crippen LogP contribution in [-0.4, -0.2) is 44.1 Å². The number of carbonyl (C=O) groups excluding carboxylic acids is 1. The Bertz CT molecular complexity index is 583. The van der Waals surface area contributed by atoms with Crippen LogP contribution in [0.1, 0.15) is 16.8 Å². The molecule has 94 valence electrons. The van der Waals surface area contributed by atoms with Crippen molar-refractivity contribution in [2.45, 2.75) is 11.7 Å². The van der Waals surface area contributed by atoms with Crippen LogP contribution in [0.3, 0.4) is 0 Å². The van der Waals surface area contributed by atoms with Crippen LogP contribution in [0.5, 0.6) is 0 Å². The minimum absolute atomic E-state index is 0.112. The highest BCUT2D eigenvalue weighted by atomic mass is 32.2. The lowest BCUT2D eigenvalue weighted by molar-refractivity contribution is 0.0793. The first-order valence-corrected chi connectivity index (χ1v) is 7.84. The molecule has 0 unspecified atom stereocenters. The largest absolute Gasteiger partial charge is 0.337 e. The Kier molecular flexibility index (Phi) is 3.22. The third-order valence-electron chi connectivity index (χ3n) is 3.27. The monoisotopic (exact) mass is 279 g/mol. The summed E-state index contributed by atoms with van der Waals surface area (Å²) in [5, 5.41) is 0.582. The Labute approximate surface area is 114 Å². The lowest BCUT2D eigenvalue weighted by Gasteiger charge is -2.15. The minimum Gasteiger partial charge on any atom is -0.337 e. The van der Waals surface area contributed by atoms with E-state index in [1.165, 1.54) is 11.7 Å². The Balaban J connectivity index is 1.83. The average molecular weight is 279 g/mol. The van der Waals surface area contributed by atoms with Gasteiger partial charge >= 0.3 is 0 Å². The lowest BCUT2D eigenvalue weighted by Crippen LogP contribution is -2.29. The second-order valence-corrected chi connectivity index (χ2v) is 6.03. The maximum atomic E-state index is 12.3. The van der Waals surface area contributed by atoms with E-state index < -0.39 is 0 Å². The molecule has 1 atom stereocenters. The third-order valence-corrected chi connectivity index (χ3v) is 4.87. The van der Waals surface area contributed by atoms with E-state index in [1.807, 2.05) is 34.9 Å². The summed E-state index contributed by atoms with van der Waals surface area (Å²) in [7, 11) is 0. The molecule has 1 fully saturated rings. The van der Waals surface area contributed by atoms with Crippen LogP contribution in [0.2, 0.25) is 0 Å². The molecule has 3 rings (SSSR count). The molecule has 2 aromatic rings. The summed E-state index contributed by atoms with van der Waals surface area (Å²) >= 11 is 3.02. The highest BCUT2D eigenvalue weighted by molar-refractivity contribution is 7.99. The SMILES string of the molecule is CS[C@@H]1CCN(C(=O)c2ccc3nsnc3c2)C1. The van der Waals surface area contributed by atoms with E-state index in [4.69, 9.17) is 0 Å². The van der Waals surface area contributed by atoms with Gasteiger partial charge in [0, 0.05) is 23.9 Å². The van der Waals surface area contributed by atoms with Crippen molar-refractivity contribution in [3.05, 3.63) is 23.8 Å². The fraction of sp³-hybridized carbons (Fsp3) is 0.417. The molecule has 0 bridgehead atoms. The molecule has 0 N–H and O–H groups in total. The molecule has 1 saturated heterocycles. The number of amides is 1. The molecule has 6 heteroatoms. The minimum atomic E-state index is 0.112. The summed E-state index contributed by atoms with van der Waals surface area (Å²) in [4.78, 5) is 14.3. The number of aromatic nitrogens is 2. The third kappa shape index (κ3) is 2.10. The molecule has 4 nitrogen and oxygen atoms in total. The van der Waals surface area contributed by atoms with E-state index in [9.17, 15) is 4.79 Å². The molecule has 0 spiro atoms. The molecule has 0 aliphatic carbocycles. The number of nitrogens with zero attached hydrogens (tertiary/aromatic N) is 3. The second kappa shape index (κ2) is 4.85. The van der Waals surface area contributed by atoms with Gasteiger partial charge in [-0.15, -0.1) is 0 Å². The molecule has 18 heavy (non-hydrogen) atoms. The fourth-order valence-corrected chi connectivity index (χ4v) is 3.39. The fourth-order valence-electron chi connectivity index (χ4n) is 2.20. The quantitative estimate of drug-likeness (QED) is 0.846. The number of rotatable bonds is 2. The average Bonchev–Trinajstić information content (AvgIpc) is 3.05. The van der Waals surface area contributed by atoms with Crippen LogP contribution >= 0.6 is 23.5 Å². The predicted molar refractivity (Wildman–Crippen MR) is 75.2 cm³/mol. The van der Waals surface area contributed by atoms with Gasteiger partial charge in [-0.3, -0.25) is 4.79 Å². The van der Waals surface area contributed by atoms with Gasteiger partial charge in [0.15, 0.2) is 0 Å². The molecule has 1 aromatic heterocycles. The van der Waals surface area contributed by atoms with Gasteiger partial charge in [-0.05, 0) is 30.9 Å². The van der Waals surface area contributed by atoms with Gasteiger partial charge in [-0.25, -0.2) is 0 Å². The summed E-state index contributed by atoms with van der Waals surface area (Å²) in [6.45, 7) is 1.71. The highest BCUT2D eigenvalue weighted by Gasteiger charge is 2.26. The van der Waals surface area contributed by atoms with Gasteiger partial charge in [0.05, 0.1) is 11.7 Å². The van der Waals surface area contributed by atoms with Crippen LogP contribution in [-0.2, 0) is 0 Å². The molecule has 1 amide bonds. The normalized spacial score (nSPS) is 19.6. The summed E-state index contributed by atoms with van der Waals surface area (Å²) < 4.78 is 8.32. The number of hydrogen-bond acceptors (Lipinski definition) is 5. The molecule has 1 aromatic carbocycles. The van der Waals surface area contributed by atoms with Gasteiger partial charge in [-0.1, -0.05) is 0 Å². The Morgan fingerprint density at radius 1 is 1.44 bits per heavy atom. The van der Waals surface area contributed by atoms with Gasteiger partial charge in [-0.2, -0.15) is 20.5 Å². The van der Waals surface area contributed by atoms with Gasteiger partial charge in [0.25, 0.3) is 5.91 Å². The highest BCUT2D eigenvalue weighted by Crippen LogP contribution is 2.22. The summed E-state index contributed by atoms with van der Waals surface area (Å²) in [6, 6.07) is 5.56. The Hall–Kier alpha value is -1.14. The van der Waals surface area contributed by atoms with Gasteiger partial charge in [0.2, 0.25) is 0 Å². The van der Waals surface area contributed by atoms with Gasteiger partial charge < -0.3 is 4.90 Å². The zero-order chi connectivity index (χ0) is 12.5. The summed E-state index contributed by atoms with van der Waals surface area (Å²) in [6.07, 6.45) is 3.19. The van der Waals surface area contributed by atoms with E-state index in [1.54, 1.807) is 0 Å². The van der Waals surface area contributed by atoms with E-state index in [0.29, 0.717) is 5.25 Å². The van der Waals surface area contributed by atoms with Crippen molar-refractivity contribution in [3.63, 3.8) is 0 Å². The first-order valence-electron chi connectivity index (χ1n) is 5.82. The number of likely N-dealkylation sites (tertiary alicyclic amines) is 1. The van der Waals surface area contributed by atoms with Crippen LogP contribution in [0.4, 0.5) is 0 Å². The van der Waals surface area contributed by atoms with Crippen LogP contribution < -0.4 is 0 Å². The van der Waals surface area contributed by atoms with Crippen LogP contribution in [0.25, 0.3) is 11.0 Å². The molecule has 1 aliphatic rings. The number of thioether (sulfide) groups is 1. The molecular formula is C12H13N3OS2. The molecule has 0 radical (unpaired) electrons. The van der Waals surface area contributed by atoms with Gasteiger partial charge in [0.1, 0.15) is 11.0 Å². The smallest absolute Gasteiger partial charge is 0.253 e. The maximum absolute atomic E-state index is 12.3. The number of hydrogen-bond donors (Lipinski definition) is 0. The van der Waals surface area contributed by atoms with Crippen molar-refractivity contribution in [2.24, 2.45) is 0 Å². The van der Waals surface area contributed by atoms with Crippen molar-refractivity contribution in [3.8, 4) is 0 Å². The molecule has 1 aliphatic heterocycles. The Morgan fingerprint density at radius 2 is 2.28 bits per heavy atom. The molecule has 2 heterocycles. The zero-order valence-corrected chi connectivity index (χ0v) is 11.6. The summed E-state index contributed by atoms with van der Waals surface area (Å²) in [5.74, 6) is 0.112. The topological polar surface area (TPSA) is 46.1 Å². The molecular weight excluding hydrogens is 266 g/mol. The first kappa shape index (κ1) is 11.9. The van der Waals surface area contributed by atoms with Crippen molar-refractivity contribution in [2.75, 3.05) is 19.3 Å². The van der Waals surface area contributed by atoms with Crippen molar-refractivity contribution >= 4 is 40.4 Å². The van der Waals surface area contributed by atoms with Crippen LogP contribution in [0, 0.1) is 0 Å². The van der Waals surface area contributed by atoms with E-state index >= 15 is 0 Å². The zero-order valence-electron chi connectivity index (χ0n) is 10.00. The number of benzene rings is 1. The van der Waals surface area contributed by atoms with E-state index in [0.717, 1.165) is 36.1 Å². The van der Waals surface area contributed by atoms with Crippen molar-refractivity contribution in [1.29, 1.82) is 0 Å².